The molecule has 71 valence electrons. The molecule has 0 saturated heterocycles. The van der Waals surface area contributed by atoms with Crippen molar-refractivity contribution in [2.24, 2.45) is 5.73 Å². The molecule has 0 aromatic rings. The van der Waals surface area contributed by atoms with Crippen LogP contribution in [-0.2, 0) is 4.79 Å². The van der Waals surface area contributed by atoms with Gasteiger partial charge in [-0.05, 0) is 0 Å². The Bertz CT molecular complexity index is 112. The van der Waals surface area contributed by atoms with E-state index in [4.69, 9.17) is 10.8 Å². The average molecular weight is 190 g/mol. The van der Waals surface area contributed by atoms with Gasteiger partial charge in [-0.25, -0.2) is 0 Å². The smallest absolute Gasteiger partial charge is 0.321 e. The van der Waals surface area contributed by atoms with Gasteiger partial charge in [0.15, 0.2) is 0 Å². The van der Waals surface area contributed by atoms with Crippen LogP contribution in [-0.4, -0.2) is 30.2 Å². The van der Waals surface area contributed by atoms with Gasteiger partial charge in [0.2, 0.25) is 0 Å². The van der Waals surface area contributed by atoms with Crippen molar-refractivity contribution < 1.29 is 9.90 Å². The third kappa shape index (κ3) is 12.5. The van der Waals surface area contributed by atoms with Crippen LogP contribution in [0.3, 0.4) is 0 Å². The molecule has 3 N–H and O–H groups in total. The maximum absolute atomic E-state index is 9.76. The fraction of sp³-hybridized carbons (Fsp3) is 0.857. The second-order valence-corrected chi connectivity index (χ2v) is 2.60. The summed E-state index contributed by atoms with van der Waals surface area (Å²) < 4.78 is 0. The summed E-state index contributed by atoms with van der Waals surface area (Å²) in [5.41, 5.74) is 4.94. The Morgan fingerprint density at radius 2 is 2.00 bits per heavy atom. The van der Waals surface area contributed by atoms with Gasteiger partial charge >= 0.3 is 5.97 Å². The second kappa shape index (κ2) is 10.8. The van der Waals surface area contributed by atoms with Gasteiger partial charge in [0.1, 0.15) is 13.3 Å². The zero-order valence-corrected chi connectivity index (χ0v) is 8.55. The largest absolute Gasteiger partial charge is 0.480 e. The molecule has 0 unspecified atom stereocenters. The van der Waals surface area contributed by atoms with Crippen molar-refractivity contribution in [3.8, 4) is 0 Å². The van der Waals surface area contributed by atoms with E-state index in [1.165, 1.54) is 12.6 Å². The molecule has 0 spiro atoms. The first-order valence-electron chi connectivity index (χ1n) is 4.00. The fourth-order valence-electron chi connectivity index (χ4n) is 0.367. The number of nitrogens with two attached hydrogens (primary N) is 1. The molecule has 0 amide bonds. The number of hydrogen-bond donors (Lipinski definition) is 3. The van der Waals surface area contributed by atoms with Crippen molar-refractivity contribution in [3.63, 3.8) is 0 Å². The molecular weight excluding hydrogens is 173 g/mol. The topological polar surface area (TPSA) is 63.3 Å². The molecule has 1 radical (unpaired) electrons. The normalized spacial score (nSPS) is 11.0. The van der Waals surface area contributed by atoms with Gasteiger partial charge < -0.3 is 10.8 Å². The van der Waals surface area contributed by atoms with Crippen LogP contribution in [0.1, 0.15) is 13.8 Å². The van der Waals surface area contributed by atoms with Gasteiger partial charge in [-0.1, -0.05) is 26.5 Å². The van der Waals surface area contributed by atoms with E-state index in [-0.39, 0.29) is 5.75 Å². The Morgan fingerprint density at radius 1 is 1.58 bits per heavy atom. The highest BCUT2D eigenvalue weighted by atomic mass is 32.1. The van der Waals surface area contributed by atoms with Crippen LogP contribution < -0.4 is 5.73 Å². The molecule has 0 aromatic heterocycles. The molecule has 0 aliphatic heterocycles. The zero-order chi connectivity index (χ0) is 9.98. The third-order valence-corrected chi connectivity index (χ3v) is 1.48. The van der Waals surface area contributed by atoms with Gasteiger partial charge in [0.25, 0.3) is 0 Å². The number of carbonyl (C=O) groups is 1. The van der Waals surface area contributed by atoms with E-state index in [0.717, 1.165) is 0 Å². The lowest BCUT2D eigenvalue weighted by molar-refractivity contribution is -0.137. The standard InChI is InChI=1S/C4H10B.C3H7NO2S/c1-3-5-4-2;4-2(1-7)3(5)6/h3-4H2,1-2H3;2,7H,1,4H2,(H,5,6)/t;2-/m.0/s1. The number of rotatable bonds is 4. The summed E-state index contributed by atoms with van der Waals surface area (Å²) in [5.74, 6) is -0.815. The highest BCUT2D eigenvalue weighted by molar-refractivity contribution is 7.80. The first kappa shape index (κ1) is 14.4. The summed E-state index contributed by atoms with van der Waals surface area (Å²) in [6.07, 6.45) is 2.44. The SMILES string of the molecule is CC[B]CC.N[C@@H](CS)C(=O)O. The molecule has 12 heavy (non-hydrogen) atoms. The first-order chi connectivity index (χ1) is 5.59. The quantitative estimate of drug-likeness (QED) is 0.455. The van der Waals surface area contributed by atoms with Gasteiger partial charge in [0.05, 0.1) is 0 Å². The van der Waals surface area contributed by atoms with Gasteiger partial charge in [-0.2, -0.15) is 12.6 Å². The van der Waals surface area contributed by atoms with Crippen molar-refractivity contribution >= 4 is 25.9 Å². The molecule has 0 saturated carbocycles. The van der Waals surface area contributed by atoms with Crippen LogP contribution >= 0.6 is 12.6 Å². The van der Waals surface area contributed by atoms with E-state index in [0.29, 0.717) is 0 Å². The van der Waals surface area contributed by atoms with Gasteiger partial charge in [0, 0.05) is 5.75 Å². The van der Waals surface area contributed by atoms with Crippen LogP contribution in [0.15, 0.2) is 0 Å². The molecule has 1 atom stereocenters. The average Bonchev–Trinajstić information content (AvgIpc) is 2.05. The molecule has 3 nitrogen and oxygen atoms in total. The second-order valence-electron chi connectivity index (χ2n) is 2.23. The van der Waals surface area contributed by atoms with Crippen LogP contribution in [0, 0.1) is 0 Å². The van der Waals surface area contributed by atoms with E-state index >= 15 is 0 Å². The van der Waals surface area contributed by atoms with Crippen molar-refractivity contribution in [2.75, 3.05) is 5.75 Å². The Hall–Kier alpha value is -0.155. The van der Waals surface area contributed by atoms with Crippen molar-refractivity contribution in [2.45, 2.75) is 32.5 Å². The summed E-state index contributed by atoms with van der Waals surface area (Å²) in [7, 11) is 2.25. The molecule has 0 rings (SSSR count). The number of carboxylic acids is 1. The molecule has 0 aliphatic carbocycles. The number of hydrogen-bond acceptors (Lipinski definition) is 3. The van der Waals surface area contributed by atoms with Crippen LogP contribution in [0.2, 0.25) is 12.6 Å². The van der Waals surface area contributed by atoms with Crippen LogP contribution in [0.4, 0.5) is 0 Å². The predicted molar refractivity (Wildman–Crippen MR) is 56.2 cm³/mol. The Labute approximate surface area is 80.4 Å². The maximum atomic E-state index is 9.76. The molecule has 5 heteroatoms. The lowest BCUT2D eigenvalue weighted by atomic mass is 9.73. The summed E-state index contributed by atoms with van der Waals surface area (Å²) in [4.78, 5) is 9.76. The Kier molecular flexibility index (Phi) is 13.0. The van der Waals surface area contributed by atoms with Crippen molar-refractivity contribution in [3.05, 3.63) is 0 Å². The number of thiol groups is 1. The lowest BCUT2D eigenvalue weighted by Gasteiger charge is -1.96. The molecule has 0 aromatic carbocycles. The molecule has 0 bridgehead atoms. The van der Waals surface area contributed by atoms with E-state index in [1.807, 2.05) is 0 Å². The molecular formula is C7H17BNO2S. The molecule has 0 fully saturated rings. The summed E-state index contributed by atoms with van der Waals surface area (Å²) in [6.45, 7) is 4.31. The highest BCUT2D eigenvalue weighted by Crippen LogP contribution is 1.80. The maximum Gasteiger partial charge on any atom is 0.321 e. The minimum atomic E-state index is -1.00. The summed E-state index contributed by atoms with van der Waals surface area (Å²) >= 11 is 3.65. The van der Waals surface area contributed by atoms with Crippen LogP contribution in [0.5, 0.6) is 0 Å². The minimum Gasteiger partial charge on any atom is -0.480 e. The molecule has 0 heterocycles. The van der Waals surface area contributed by atoms with Gasteiger partial charge in [-0.3, -0.25) is 4.79 Å². The monoisotopic (exact) mass is 190 g/mol. The van der Waals surface area contributed by atoms with E-state index in [9.17, 15) is 4.79 Å². The predicted octanol–water partition coefficient (Wildman–Crippen LogP) is 0.895. The fourth-order valence-corrected chi connectivity index (χ4v) is 0.523. The first-order valence-corrected chi connectivity index (χ1v) is 4.64. The van der Waals surface area contributed by atoms with Crippen molar-refractivity contribution in [1.29, 1.82) is 0 Å². The van der Waals surface area contributed by atoms with Gasteiger partial charge in [-0.15, -0.1) is 0 Å². The zero-order valence-electron chi connectivity index (χ0n) is 7.66. The van der Waals surface area contributed by atoms with E-state index in [2.05, 4.69) is 33.8 Å². The minimum absolute atomic E-state index is 0.190. The number of carboxylic acid groups (broad SMARTS) is 1. The van der Waals surface area contributed by atoms with Crippen molar-refractivity contribution in [1.82, 2.24) is 0 Å². The van der Waals surface area contributed by atoms with E-state index < -0.39 is 12.0 Å². The lowest BCUT2D eigenvalue weighted by Crippen LogP contribution is -2.31. The number of aliphatic carboxylic acids is 1. The summed E-state index contributed by atoms with van der Waals surface area (Å²) in [6, 6.07) is -0.816. The molecule has 0 aliphatic rings. The third-order valence-electron chi connectivity index (χ3n) is 1.09. The Morgan fingerprint density at radius 3 is 2.00 bits per heavy atom. The van der Waals surface area contributed by atoms with Crippen LogP contribution in [0.25, 0.3) is 0 Å². The highest BCUT2D eigenvalue weighted by Gasteiger charge is 2.06. The Balaban J connectivity index is 0. The summed E-state index contributed by atoms with van der Waals surface area (Å²) in [5, 5.41) is 8.01. The van der Waals surface area contributed by atoms with E-state index in [1.54, 1.807) is 0 Å².